The highest BCUT2D eigenvalue weighted by atomic mass is 19.1. The number of aryl methyl sites for hydroxylation is 2. The van der Waals surface area contributed by atoms with Crippen molar-refractivity contribution in [2.75, 3.05) is 0 Å². The quantitative estimate of drug-likeness (QED) is 0.466. The molecule has 0 saturated heterocycles. The lowest BCUT2D eigenvalue weighted by atomic mass is 9.79. The average molecular weight is 368 g/mol. The maximum absolute atomic E-state index is 13.0. The van der Waals surface area contributed by atoms with Crippen molar-refractivity contribution in [2.24, 2.45) is 0 Å². The van der Waals surface area contributed by atoms with Gasteiger partial charge in [0.2, 0.25) is 0 Å². The lowest BCUT2D eigenvalue weighted by Gasteiger charge is -2.25. The molecule has 0 aliphatic heterocycles. The molecule has 0 bridgehead atoms. The summed E-state index contributed by atoms with van der Waals surface area (Å²) in [6.45, 7) is 2.23. The Morgan fingerprint density at radius 2 is 1.57 bits per heavy atom. The van der Waals surface area contributed by atoms with Crippen molar-refractivity contribution in [2.45, 2.75) is 44.9 Å². The SMILES string of the molecule is CCCc1ccc(C2CCc3cc(C#Cc4ccc(F)cc4)ccc3C2)cc1. The summed E-state index contributed by atoms with van der Waals surface area (Å²) in [5.41, 5.74) is 7.64. The van der Waals surface area contributed by atoms with E-state index in [1.54, 1.807) is 12.1 Å². The maximum Gasteiger partial charge on any atom is 0.123 e. The zero-order valence-corrected chi connectivity index (χ0v) is 16.3. The number of benzene rings is 3. The topological polar surface area (TPSA) is 0 Å². The van der Waals surface area contributed by atoms with Crippen molar-refractivity contribution in [3.63, 3.8) is 0 Å². The third-order valence-corrected chi connectivity index (χ3v) is 5.62. The van der Waals surface area contributed by atoms with Gasteiger partial charge >= 0.3 is 0 Å². The molecule has 1 aliphatic rings. The molecule has 140 valence electrons. The molecule has 1 heteroatoms. The number of rotatable bonds is 3. The Hall–Kier alpha value is -2.85. The van der Waals surface area contributed by atoms with Crippen LogP contribution in [0.4, 0.5) is 4.39 Å². The van der Waals surface area contributed by atoms with Crippen molar-refractivity contribution in [1.82, 2.24) is 0 Å². The molecular formula is C27H25F. The summed E-state index contributed by atoms with van der Waals surface area (Å²) in [7, 11) is 0. The van der Waals surface area contributed by atoms with Gasteiger partial charge in [-0.05, 0) is 90.3 Å². The van der Waals surface area contributed by atoms with E-state index in [0.29, 0.717) is 5.92 Å². The third kappa shape index (κ3) is 4.34. The molecule has 0 N–H and O–H groups in total. The van der Waals surface area contributed by atoms with Gasteiger partial charge in [-0.15, -0.1) is 0 Å². The van der Waals surface area contributed by atoms with E-state index in [1.165, 1.54) is 47.2 Å². The molecule has 1 unspecified atom stereocenters. The maximum atomic E-state index is 13.0. The number of hydrogen-bond acceptors (Lipinski definition) is 0. The first kappa shape index (κ1) is 18.5. The highest BCUT2D eigenvalue weighted by Crippen LogP contribution is 2.33. The lowest BCUT2D eigenvalue weighted by molar-refractivity contribution is 0.584. The highest BCUT2D eigenvalue weighted by molar-refractivity contribution is 5.47. The number of fused-ring (bicyclic) bond motifs is 1. The fraction of sp³-hybridized carbons (Fsp3) is 0.259. The molecule has 0 radical (unpaired) electrons. The minimum atomic E-state index is -0.228. The zero-order chi connectivity index (χ0) is 19.3. The number of halogens is 1. The highest BCUT2D eigenvalue weighted by Gasteiger charge is 2.20. The van der Waals surface area contributed by atoms with Crippen molar-refractivity contribution in [3.8, 4) is 11.8 Å². The van der Waals surface area contributed by atoms with Crippen LogP contribution in [-0.2, 0) is 19.3 Å². The van der Waals surface area contributed by atoms with E-state index in [9.17, 15) is 4.39 Å². The molecule has 0 heterocycles. The third-order valence-electron chi connectivity index (χ3n) is 5.62. The molecule has 4 rings (SSSR count). The molecule has 0 fully saturated rings. The van der Waals surface area contributed by atoms with Crippen LogP contribution in [0.15, 0.2) is 66.7 Å². The van der Waals surface area contributed by atoms with Crippen LogP contribution in [0.2, 0.25) is 0 Å². The van der Waals surface area contributed by atoms with Gasteiger partial charge in [-0.3, -0.25) is 0 Å². The van der Waals surface area contributed by atoms with Gasteiger partial charge in [-0.1, -0.05) is 55.5 Å². The predicted octanol–water partition coefficient (Wildman–Crippen LogP) is 6.45. The second-order valence-electron chi connectivity index (χ2n) is 7.67. The zero-order valence-electron chi connectivity index (χ0n) is 16.3. The number of hydrogen-bond donors (Lipinski definition) is 0. The smallest absolute Gasteiger partial charge is 0.123 e. The first-order valence-electron chi connectivity index (χ1n) is 10.2. The van der Waals surface area contributed by atoms with Gasteiger partial charge in [0.05, 0.1) is 0 Å². The van der Waals surface area contributed by atoms with E-state index in [0.717, 1.165) is 30.4 Å². The second-order valence-corrected chi connectivity index (χ2v) is 7.67. The summed E-state index contributed by atoms with van der Waals surface area (Å²) in [5.74, 6) is 6.73. The minimum absolute atomic E-state index is 0.228. The monoisotopic (exact) mass is 368 g/mol. The van der Waals surface area contributed by atoms with E-state index in [4.69, 9.17) is 0 Å². The summed E-state index contributed by atoms with van der Waals surface area (Å²) in [4.78, 5) is 0. The Morgan fingerprint density at radius 3 is 2.32 bits per heavy atom. The van der Waals surface area contributed by atoms with Crippen LogP contribution in [0.3, 0.4) is 0 Å². The van der Waals surface area contributed by atoms with E-state index < -0.39 is 0 Å². The molecular weight excluding hydrogens is 343 g/mol. The molecule has 0 spiro atoms. The van der Waals surface area contributed by atoms with Crippen LogP contribution in [0.25, 0.3) is 0 Å². The first-order chi connectivity index (χ1) is 13.7. The standard InChI is InChI=1S/C27H25F/c1-2-3-20-6-11-23(12-7-20)25-15-14-24-18-22(8-13-26(24)19-25)5-4-21-9-16-27(28)17-10-21/h6-13,16-18,25H,2-3,14-15,19H2,1H3. The van der Waals surface area contributed by atoms with Gasteiger partial charge in [0, 0.05) is 11.1 Å². The molecule has 28 heavy (non-hydrogen) atoms. The molecule has 1 aliphatic carbocycles. The van der Waals surface area contributed by atoms with Gasteiger partial charge in [-0.25, -0.2) is 4.39 Å². The summed E-state index contributed by atoms with van der Waals surface area (Å²) in [6.07, 6.45) is 5.75. The van der Waals surface area contributed by atoms with Gasteiger partial charge in [0.15, 0.2) is 0 Å². The second kappa shape index (κ2) is 8.44. The summed E-state index contributed by atoms with van der Waals surface area (Å²) in [5, 5.41) is 0. The van der Waals surface area contributed by atoms with E-state index in [2.05, 4.69) is 61.2 Å². The Kier molecular flexibility index (Phi) is 5.58. The van der Waals surface area contributed by atoms with E-state index in [-0.39, 0.29) is 5.82 Å². The summed E-state index contributed by atoms with van der Waals surface area (Å²) >= 11 is 0. The van der Waals surface area contributed by atoms with Crippen LogP contribution >= 0.6 is 0 Å². The van der Waals surface area contributed by atoms with Gasteiger partial charge < -0.3 is 0 Å². The lowest BCUT2D eigenvalue weighted by Crippen LogP contribution is -2.13. The summed E-state index contributed by atoms with van der Waals surface area (Å²) < 4.78 is 13.0. The van der Waals surface area contributed by atoms with Crippen molar-refractivity contribution < 1.29 is 4.39 Å². The van der Waals surface area contributed by atoms with Gasteiger partial charge in [-0.2, -0.15) is 0 Å². The van der Waals surface area contributed by atoms with Crippen molar-refractivity contribution >= 4 is 0 Å². The molecule has 0 amide bonds. The fourth-order valence-electron chi connectivity index (χ4n) is 4.04. The van der Waals surface area contributed by atoms with Crippen LogP contribution < -0.4 is 0 Å². The normalized spacial score (nSPS) is 15.4. The Labute approximate surface area is 167 Å². The first-order valence-corrected chi connectivity index (χ1v) is 10.2. The van der Waals surface area contributed by atoms with Crippen LogP contribution in [-0.4, -0.2) is 0 Å². The average Bonchev–Trinajstić information content (AvgIpc) is 2.74. The molecule has 3 aromatic carbocycles. The molecule has 0 aromatic heterocycles. The molecule has 0 saturated carbocycles. The van der Waals surface area contributed by atoms with Gasteiger partial charge in [0.25, 0.3) is 0 Å². The largest absolute Gasteiger partial charge is 0.207 e. The van der Waals surface area contributed by atoms with Crippen molar-refractivity contribution in [1.29, 1.82) is 0 Å². The molecule has 0 nitrogen and oxygen atoms in total. The Balaban J connectivity index is 1.48. The van der Waals surface area contributed by atoms with Crippen LogP contribution in [0.5, 0.6) is 0 Å². The Bertz CT molecular complexity index is 1000. The Morgan fingerprint density at radius 1 is 0.857 bits per heavy atom. The van der Waals surface area contributed by atoms with Crippen molar-refractivity contribution in [3.05, 3.63) is 106 Å². The summed E-state index contributed by atoms with van der Waals surface area (Å²) in [6, 6.07) is 22.2. The van der Waals surface area contributed by atoms with E-state index in [1.807, 2.05) is 0 Å². The van der Waals surface area contributed by atoms with Crippen LogP contribution in [0, 0.1) is 17.7 Å². The van der Waals surface area contributed by atoms with E-state index >= 15 is 0 Å². The minimum Gasteiger partial charge on any atom is -0.207 e. The van der Waals surface area contributed by atoms with Gasteiger partial charge in [0.1, 0.15) is 5.82 Å². The molecule has 3 aromatic rings. The molecule has 1 atom stereocenters. The fourth-order valence-corrected chi connectivity index (χ4v) is 4.04. The van der Waals surface area contributed by atoms with Crippen LogP contribution in [0.1, 0.15) is 59.1 Å². The predicted molar refractivity (Wildman–Crippen MR) is 114 cm³/mol.